The van der Waals surface area contributed by atoms with E-state index in [9.17, 15) is 18.0 Å². The van der Waals surface area contributed by atoms with E-state index < -0.39 is 28.5 Å². The first-order chi connectivity index (χ1) is 21.2. The molecule has 1 atom stereocenters. The largest absolute Gasteiger partial charge is 0.497 e. The van der Waals surface area contributed by atoms with Crippen molar-refractivity contribution in [3.8, 4) is 11.5 Å². The van der Waals surface area contributed by atoms with Crippen LogP contribution in [0.1, 0.15) is 57.1 Å². The number of nitrogens with zero attached hydrogens (tertiary/aromatic N) is 2. The van der Waals surface area contributed by atoms with Crippen molar-refractivity contribution >= 4 is 27.5 Å². The Kier molecular flexibility index (Phi) is 11.3. The summed E-state index contributed by atoms with van der Waals surface area (Å²) in [6.45, 7) is 5.72. The van der Waals surface area contributed by atoms with Gasteiger partial charge in [0.2, 0.25) is 11.8 Å². The second-order valence-electron chi connectivity index (χ2n) is 11.0. The van der Waals surface area contributed by atoms with Crippen LogP contribution >= 0.6 is 0 Å². The second kappa shape index (κ2) is 15.1. The van der Waals surface area contributed by atoms with E-state index >= 15 is 0 Å². The average molecular weight is 622 g/mol. The Balaban J connectivity index is 1.70. The van der Waals surface area contributed by atoms with Crippen molar-refractivity contribution in [2.75, 3.05) is 24.6 Å². The molecule has 44 heavy (non-hydrogen) atoms. The van der Waals surface area contributed by atoms with Crippen molar-refractivity contribution < 1.29 is 27.5 Å². The summed E-state index contributed by atoms with van der Waals surface area (Å²) in [4.78, 5) is 29.4. The third-order valence-corrected chi connectivity index (χ3v) is 9.71. The van der Waals surface area contributed by atoms with Gasteiger partial charge in [-0.1, -0.05) is 49.6 Å². The van der Waals surface area contributed by atoms with Crippen LogP contribution in [0.5, 0.6) is 11.5 Å². The van der Waals surface area contributed by atoms with Gasteiger partial charge in [0.15, 0.2) is 0 Å². The van der Waals surface area contributed by atoms with Gasteiger partial charge in [0.05, 0.1) is 24.3 Å². The van der Waals surface area contributed by atoms with Gasteiger partial charge in [0, 0.05) is 12.6 Å². The Morgan fingerprint density at radius 3 is 2.09 bits per heavy atom. The molecule has 1 aliphatic rings. The molecule has 9 nitrogen and oxygen atoms in total. The molecule has 0 unspecified atom stereocenters. The fourth-order valence-electron chi connectivity index (χ4n) is 5.46. The number of methoxy groups -OCH3 is 1. The van der Waals surface area contributed by atoms with E-state index in [1.165, 1.54) is 17.0 Å². The third-order valence-electron chi connectivity index (χ3n) is 7.92. The van der Waals surface area contributed by atoms with Gasteiger partial charge in [0.1, 0.15) is 24.1 Å². The highest BCUT2D eigenvalue weighted by molar-refractivity contribution is 7.92. The summed E-state index contributed by atoms with van der Waals surface area (Å²) >= 11 is 0. The molecule has 1 saturated carbocycles. The highest BCUT2D eigenvalue weighted by Crippen LogP contribution is 2.27. The molecule has 1 aliphatic carbocycles. The molecule has 1 N–H and O–H groups in total. The van der Waals surface area contributed by atoms with Gasteiger partial charge in [-0.25, -0.2) is 8.42 Å². The van der Waals surface area contributed by atoms with Crippen molar-refractivity contribution in [1.29, 1.82) is 0 Å². The van der Waals surface area contributed by atoms with Crippen LogP contribution in [-0.4, -0.2) is 57.5 Å². The summed E-state index contributed by atoms with van der Waals surface area (Å²) < 4.78 is 40.1. The fourth-order valence-corrected chi connectivity index (χ4v) is 6.87. The first-order valence-electron chi connectivity index (χ1n) is 15.2. The summed E-state index contributed by atoms with van der Waals surface area (Å²) in [5.41, 5.74) is 2.10. The molecule has 0 aliphatic heterocycles. The van der Waals surface area contributed by atoms with Crippen LogP contribution in [0.4, 0.5) is 5.69 Å². The Hall–Kier alpha value is -4.05. The number of benzene rings is 3. The monoisotopic (exact) mass is 621 g/mol. The quantitative estimate of drug-likeness (QED) is 0.256. The summed E-state index contributed by atoms with van der Waals surface area (Å²) in [6.07, 6.45) is 4.32. The zero-order valence-corrected chi connectivity index (χ0v) is 26.8. The number of hydrogen-bond donors (Lipinski definition) is 1. The van der Waals surface area contributed by atoms with Crippen molar-refractivity contribution in [3.63, 3.8) is 0 Å². The predicted octanol–water partition coefficient (Wildman–Crippen LogP) is 5.46. The van der Waals surface area contributed by atoms with Crippen molar-refractivity contribution in [2.45, 2.75) is 76.4 Å². The Morgan fingerprint density at radius 2 is 1.52 bits per heavy atom. The maximum atomic E-state index is 14.3. The predicted molar refractivity (Wildman–Crippen MR) is 171 cm³/mol. The van der Waals surface area contributed by atoms with Gasteiger partial charge in [-0.2, -0.15) is 0 Å². The molecule has 0 heterocycles. The van der Waals surface area contributed by atoms with E-state index in [1.54, 1.807) is 55.6 Å². The highest BCUT2D eigenvalue weighted by Gasteiger charge is 2.34. The van der Waals surface area contributed by atoms with Gasteiger partial charge < -0.3 is 19.7 Å². The SMILES string of the molecule is CCOc1ccc(S(=O)(=O)N(CC(=O)N(Cc2ccc(OC)cc2)[C@H](CC)C(=O)NC2CCCC2)c2ccc(C)cc2)cc1. The highest BCUT2D eigenvalue weighted by atomic mass is 32.2. The van der Waals surface area contributed by atoms with Crippen LogP contribution in [0, 0.1) is 6.92 Å². The molecule has 2 amide bonds. The molecule has 3 aromatic rings. The van der Waals surface area contributed by atoms with E-state index in [2.05, 4.69) is 5.32 Å². The minimum Gasteiger partial charge on any atom is -0.497 e. The molecule has 4 rings (SSSR count). The Morgan fingerprint density at radius 1 is 0.909 bits per heavy atom. The topological polar surface area (TPSA) is 105 Å². The molecule has 236 valence electrons. The number of amides is 2. The average Bonchev–Trinajstić information content (AvgIpc) is 3.54. The summed E-state index contributed by atoms with van der Waals surface area (Å²) in [6, 6.07) is 19.7. The van der Waals surface area contributed by atoms with Gasteiger partial charge in [-0.05, 0) is 87.2 Å². The van der Waals surface area contributed by atoms with Crippen LogP contribution in [0.3, 0.4) is 0 Å². The van der Waals surface area contributed by atoms with Gasteiger partial charge in [0.25, 0.3) is 10.0 Å². The number of hydrogen-bond acceptors (Lipinski definition) is 6. The first kappa shape index (κ1) is 32.9. The number of carbonyl (C=O) groups excluding carboxylic acids is 2. The lowest BCUT2D eigenvalue weighted by Gasteiger charge is -2.33. The number of ether oxygens (including phenoxy) is 2. The third kappa shape index (κ3) is 8.11. The van der Waals surface area contributed by atoms with E-state index in [0.29, 0.717) is 30.2 Å². The second-order valence-corrected chi connectivity index (χ2v) is 12.9. The van der Waals surface area contributed by atoms with E-state index in [4.69, 9.17) is 9.47 Å². The minimum atomic E-state index is -4.17. The Labute approximate surface area is 261 Å². The van der Waals surface area contributed by atoms with E-state index in [-0.39, 0.29) is 23.4 Å². The molecule has 10 heteroatoms. The first-order valence-corrected chi connectivity index (χ1v) is 16.6. The molecule has 0 aromatic heterocycles. The van der Waals surface area contributed by atoms with E-state index in [1.807, 2.05) is 32.9 Å². The molecule has 0 radical (unpaired) electrons. The number of nitrogens with one attached hydrogen (secondary N) is 1. The Bertz CT molecular complexity index is 1490. The number of sulfonamides is 1. The molecular weight excluding hydrogens is 578 g/mol. The van der Waals surface area contributed by atoms with Crippen LogP contribution < -0.4 is 19.1 Å². The smallest absolute Gasteiger partial charge is 0.264 e. The summed E-state index contributed by atoms with van der Waals surface area (Å²) in [7, 11) is -2.59. The molecule has 3 aromatic carbocycles. The van der Waals surface area contributed by atoms with Crippen molar-refractivity contribution in [1.82, 2.24) is 10.2 Å². The lowest BCUT2D eigenvalue weighted by molar-refractivity contribution is -0.140. The maximum Gasteiger partial charge on any atom is 0.264 e. The molecule has 0 bridgehead atoms. The lowest BCUT2D eigenvalue weighted by Crippen LogP contribution is -2.53. The van der Waals surface area contributed by atoms with Gasteiger partial charge >= 0.3 is 0 Å². The summed E-state index contributed by atoms with van der Waals surface area (Å²) in [5.74, 6) is 0.514. The standard InChI is InChI=1S/C34H43N3O6S/c1-5-32(34(39)35-27-9-7-8-10-27)36(23-26-13-17-29(42-4)18-14-26)33(38)24-37(28-15-11-25(3)12-16-28)44(40,41)31-21-19-30(20-22-31)43-6-2/h11-22,27,32H,5-10,23-24H2,1-4H3,(H,35,39)/t32-/m1/s1. The van der Waals surface area contributed by atoms with E-state index in [0.717, 1.165) is 41.1 Å². The van der Waals surface area contributed by atoms with Crippen LogP contribution in [-0.2, 0) is 26.2 Å². The molecule has 0 saturated heterocycles. The van der Waals surface area contributed by atoms with Crippen LogP contribution in [0.15, 0.2) is 77.7 Å². The fraction of sp³-hybridized carbons (Fsp3) is 0.412. The van der Waals surface area contributed by atoms with Crippen molar-refractivity contribution in [3.05, 3.63) is 83.9 Å². The lowest BCUT2D eigenvalue weighted by atomic mass is 10.1. The number of carbonyl (C=O) groups is 2. The van der Waals surface area contributed by atoms with Crippen molar-refractivity contribution in [2.24, 2.45) is 0 Å². The van der Waals surface area contributed by atoms with Gasteiger partial charge in [-0.15, -0.1) is 0 Å². The molecule has 0 spiro atoms. The van der Waals surface area contributed by atoms with Crippen LogP contribution in [0.2, 0.25) is 0 Å². The zero-order chi connectivity index (χ0) is 31.7. The number of anilines is 1. The normalized spacial score (nSPS) is 14.1. The number of rotatable bonds is 14. The van der Waals surface area contributed by atoms with Gasteiger partial charge in [-0.3, -0.25) is 13.9 Å². The maximum absolute atomic E-state index is 14.3. The molecular formula is C34H43N3O6S. The van der Waals surface area contributed by atoms with Crippen LogP contribution in [0.25, 0.3) is 0 Å². The summed E-state index contributed by atoms with van der Waals surface area (Å²) in [5, 5.41) is 3.14. The minimum absolute atomic E-state index is 0.0297. The molecule has 1 fully saturated rings. The number of aryl methyl sites for hydroxylation is 1. The zero-order valence-electron chi connectivity index (χ0n) is 26.0.